The van der Waals surface area contributed by atoms with Gasteiger partial charge in [0.2, 0.25) is 5.91 Å². The fourth-order valence-electron chi connectivity index (χ4n) is 2.62. The third kappa shape index (κ3) is 5.29. The Hall–Kier alpha value is -1.46. The first-order valence-corrected chi connectivity index (χ1v) is 7.94. The highest BCUT2D eigenvalue weighted by atomic mass is 35.5. The zero-order chi connectivity index (χ0) is 16.1. The number of carbonyl (C=O) groups excluding carboxylic acids is 1. The summed E-state index contributed by atoms with van der Waals surface area (Å²) >= 11 is 0. The summed E-state index contributed by atoms with van der Waals surface area (Å²) in [5, 5.41) is 0. The molecule has 1 aromatic rings. The summed E-state index contributed by atoms with van der Waals surface area (Å²) < 4.78 is 11.6. The van der Waals surface area contributed by atoms with Crippen molar-refractivity contribution in [3.8, 4) is 11.5 Å². The maximum Gasteiger partial charge on any atom is 0.239 e. The van der Waals surface area contributed by atoms with E-state index >= 15 is 0 Å². The molecule has 0 aliphatic carbocycles. The number of nitrogens with two attached hydrogens (primary N) is 1. The Morgan fingerprint density at radius 1 is 1.35 bits per heavy atom. The summed E-state index contributed by atoms with van der Waals surface area (Å²) in [6.45, 7) is 7.65. The number of benzene rings is 1. The summed E-state index contributed by atoms with van der Waals surface area (Å²) in [4.78, 5) is 14.2. The number of hydrogen-bond acceptors (Lipinski definition) is 4. The Labute approximate surface area is 144 Å². The van der Waals surface area contributed by atoms with E-state index in [2.05, 4.69) is 13.8 Å². The van der Waals surface area contributed by atoms with E-state index in [0.717, 1.165) is 11.5 Å². The van der Waals surface area contributed by atoms with E-state index < -0.39 is 6.04 Å². The number of halogens is 1. The predicted octanol–water partition coefficient (Wildman–Crippen LogP) is 2.47. The Kier molecular flexibility index (Phi) is 7.65. The lowest BCUT2D eigenvalue weighted by atomic mass is 10.0. The van der Waals surface area contributed by atoms with Crippen LogP contribution in [0.5, 0.6) is 11.5 Å². The Bertz CT molecular complexity index is 510. The lowest BCUT2D eigenvalue weighted by Crippen LogP contribution is -2.49. The summed E-state index contributed by atoms with van der Waals surface area (Å²) in [6, 6.07) is 7.13. The number of ether oxygens (including phenoxy) is 2. The molecule has 1 aliphatic rings. The largest absolute Gasteiger partial charge is 0.486 e. The van der Waals surface area contributed by atoms with E-state index in [-0.39, 0.29) is 24.4 Å². The molecule has 23 heavy (non-hydrogen) atoms. The van der Waals surface area contributed by atoms with Crippen molar-refractivity contribution in [3.05, 3.63) is 24.3 Å². The van der Waals surface area contributed by atoms with Crippen LogP contribution >= 0.6 is 12.4 Å². The van der Waals surface area contributed by atoms with Gasteiger partial charge in [0.1, 0.15) is 6.61 Å². The number of likely N-dealkylation sites (N-methyl/N-ethyl adjacent to an activating group) is 1. The van der Waals surface area contributed by atoms with Crippen molar-refractivity contribution in [1.82, 2.24) is 4.90 Å². The highest BCUT2D eigenvalue weighted by molar-refractivity contribution is 5.85. The highest BCUT2D eigenvalue weighted by Gasteiger charge is 2.27. The number of para-hydroxylation sites is 2. The minimum absolute atomic E-state index is 0. The van der Waals surface area contributed by atoms with Crippen LogP contribution in [0.2, 0.25) is 0 Å². The van der Waals surface area contributed by atoms with Crippen molar-refractivity contribution in [1.29, 1.82) is 0 Å². The summed E-state index contributed by atoms with van der Waals surface area (Å²) in [5.74, 6) is 1.87. The number of amides is 1. The van der Waals surface area contributed by atoms with Gasteiger partial charge in [-0.2, -0.15) is 0 Å². The van der Waals surface area contributed by atoms with Crippen LogP contribution < -0.4 is 15.2 Å². The van der Waals surface area contributed by atoms with Crippen molar-refractivity contribution in [2.45, 2.75) is 39.3 Å². The van der Waals surface area contributed by atoms with Gasteiger partial charge in [0, 0.05) is 6.54 Å². The molecule has 6 heteroatoms. The van der Waals surface area contributed by atoms with E-state index in [4.69, 9.17) is 15.2 Å². The average Bonchev–Trinajstić information content (AvgIpc) is 2.51. The van der Waals surface area contributed by atoms with Crippen molar-refractivity contribution in [3.63, 3.8) is 0 Å². The first-order valence-electron chi connectivity index (χ1n) is 7.94. The summed E-state index contributed by atoms with van der Waals surface area (Å²) in [5.41, 5.74) is 6.01. The van der Waals surface area contributed by atoms with Gasteiger partial charge in [0.25, 0.3) is 0 Å². The third-order valence-electron chi connectivity index (χ3n) is 3.73. The monoisotopic (exact) mass is 342 g/mol. The zero-order valence-corrected chi connectivity index (χ0v) is 14.8. The highest BCUT2D eigenvalue weighted by Crippen LogP contribution is 2.31. The molecular formula is C17H27ClN2O3. The van der Waals surface area contributed by atoms with Gasteiger partial charge in [-0.1, -0.05) is 26.0 Å². The molecule has 0 saturated heterocycles. The molecule has 1 amide bonds. The van der Waals surface area contributed by atoms with Crippen molar-refractivity contribution >= 4 is 18.3 Å². The first-order chi connectivity index (χ1) is 10.5. The fraction of sp³-hybridized carbons (Fsp3) is 0.588. The van der Waals surface area contributed by atoms with E-state index in [9.17, 15) is 4.79 Å². The summed E-state index contributed by atoms with van der Waals surface area (Å²) in [7, 11) is 0. The maximum absolute atomic E-state index is 12.4. The molecule has 1 heterocycles. The normalized spacial score (nSPS) is 17.3. The number of carbonyl (C=O) groups is 1. The molecule has 0 radical (unpaired) electrons. The molecule has 130 valence electrons. The third-order valence-corrected chi connectivity index (χ3v) is 3.73. The fourth-order valence-corrected chi connectivity index (χ4v) is 2.62. The van der Waals surface area contributed by atoms with Gasteiger partial charge in [-0.05, 0) is 31.4 Å². The molecule has 2 N–H and O–H groups in total. The number of rotatable bonds is 6. The van der Waals surface area contributed by atoms with Crippen LogP contribution in [0.4, 0.5) is 0 Å². The Morgan fingerprint density at radius 3 is 2.61 bits per heavy atom. The van der Waals surface area contributed by atoms with Gasteiger partial charge in [0.15, 0.2) is 17.6 Å². The van der Waals surface area contributed by atoms with Crippen molar-refractivity contribution < 1.29 is 14.3 Å². The first kappa shape index (κ1) is 19.6. The second-order valence-corrected chi connectivity index (χ2v) is 6.11. The summed E-state index contributed by atoms with van der Waals surface area (Å²) in [6.07, 6.45) is 0.533. The molecule has 5 nitrogen and oxygen atoms in total. The molecule has 0 bridgehead atoms. The van der Waals surface area contributed by atoms with E-state index in [1.807, 2.05) is 31.2 Å². The van der Waals surface area contributed by atoms with Crippen LogP contribution in [0, 0.1) is 5.92 Å². The minimum Gasteiger partial charge on any atom is -0.486 e. The molecule has 1 unspecified atom stereocenters. The second kappa shape index (κ2) is 8.99. The molecule has 0 saturated carbocycles. The molecule has 0 spiro atoms. The van der Waals surface area contributed by atoms with Gasteiger partial charge >= 0.3 is 0 Å². The average molecular weight is 343 g/mol. The molecule has 2 rings (SSSR count). The van der Waals surface area contributed by atoms with Crippen LogP contribution in [0.1, 0.15) is 27.2 Å². The van der Waals surface area contributed by atoms with Gasteiger partial charge < -0.3 is 20.1 Å². The molecule has 0 aromatic heterocycles. The van der Waals surface area contributed by atoms with Crippen molar-refractivity contribution in [2.24, 2.45) is 11.7 Å². The van der Waals surface area contributed by atoms with E-state index in [1.54, 1.807) is 4.90 Å². The Balaban J connectivity index is 0.00000264. The maximum atomic E-state index is 12.4. The van der Waals surface area contributed by atoms with Gasteiger partial charge in [0.05, 0.1) is 12.6 Å². The minimum atomic E-state index is -0.447. The van der Waals surface area contributed by atoms with Crippen LogP contribution in [-0.4, -0.2) is 42.6 Å². The zero-order valence-electron chi connectivity index (χ0n) is 14.0. The van der Waals surface area contributed by atoms with Gasteiger partial charge in [-0.25, -0.2) is 0 Å². The molecule has 1 aromatic carbocycles. The van der Waals surface area contributed by atoms with Crippen LogP contribution in [0.3, 0.4) is 0 Å². The molecular weight excluding hydrogens is 316 g/mol. The smallest absolute Gasteiger partial charge is 0.239 e. The van der Waals surface area contributed by atoms with Crippen LogP contribution in [-0.2, 0) is 4.79 Å². The lowest BCUT2D eigenvalue weighted by Gasteiger charge is -2.32. The molecule has 1 aliphatic heterocycles. The molecule has 2 atom stereocenters. The second-order valence-electron chi connectivity index (χ2n) is 6.11. The quantitative estimate of drug-likeness (QED) is 0.862. The van der Waals surface area contributed by atoms with Crippen LogP contribution in [0.15, 0.2) is 24.3 Å². The van der Waals surface area contributed by atoms with Crippen molar-refractivity contribution in [2.75, 3.05) is 19.7 Å². The topological polar surface area (TPSA) is 64.8 Å². The van der Waals surface area contributed by atoms with E-state index in [0.29, 0.717) is 32.0 Å². The number of hydrogen-bond donors (Lipinski definition) is 1. The lowest BCUT2D eigenvalue weighted by molar-refractivity contribution is -0.134. The van der Waals surface area contributed by atoms with Crippen LogP contribution in [0.25, 0.3) is 0 Å². The molecule has 0 fully saturated rings. The van der Waals surface area contributed by atoms with E-state index in [1.165, 1.54) is 0 Å². The number of fused-ring (bicyclic) bond motifs is 1. The number of nitrogens with zero attached hydrogens (tertiary/aromatic N) is 1. The predicted molar refractivity (Wildman–Crippen MR) is 93.3 cm³/mol. The SMILES string of the molecule is CCN(CC1COc2ccccc2O1)C(=O)[C@@H](N)CC(C)C.Cl. The standard InChI is InChI=1S/C17H26N2O3.ClH/c1-4-19(17(20)14(18)9-12(2)3)10-13-11-21-15-7-5-6-8-16(15)22-13;/h5-8,12-14H,4,9-11,18H2,1-3H3;1H/t13?,14-;/m0./s1. The van der Waals surface area contributed by atoms with Gasteiger partial charge in [-0.15, -0.1) is 12.4 Å². The Morgan fingerprint density at radius 2 is 2.00 bits per heavy atom. The van der Waals surface area contributed by atoms with Gasteiger partial charge in [-0.3, -0.25) is 4.79 Å².